The van der Waals surface area contributed by atoms with E-state index in [0.29, 0.717) is 18.4 Å². The molecule has 3 nitrogen and oxygen atoms in total. The molecule has 1 aromatic rings. The van der Waals surface area contributed by atoms with Gasteiger partial charge in [-0.25, -0.2) is 0 Å². The van der Waals surface area contributed by atoms with E-state index in [1.807, 2.05) is 19.1 Å². The van der Waals surface area contributed by atoms with Gasteiger partial charge in [-0.15, -0.1) is 0 Å². The molecule has 0 amide bonds. The minimum atomic E-state index is -1.15. The molecule has 4 heteroatoms. The van der Waals surface area contributed by atoms with Gasteiger partial charge in [-0.3, -0.25) is 9.59 Å². The molecule has 1 aliphatic rings. The first-order valence-electron chi connectivity index (χ1n) is 5.02. The Morgan fingerprint density at radius 1 is 1.38 bits per heavy atom. The molecule has 0 bridgehead atoms. The van der Waals surface area contributed by atoms with Crippen molar-refractivity contribution in [3.8, 4) is 0 Å². The second-order valence-corrected chi connectivity index (χ2v) is 5.09. The molecule has 0 spiro atoms. The second-order valence-electron chi connectivity index (χ2n) is 4.18. The normalized spacial score (nSPS) is 16.9. The fourth-order valence-corrected chi connectivity index (χ4v) is 2.12. The first-order chi connectivity index (χ1) is 7.47. The molecule has 0 unspecified atom stereocenters. The van der Waals surface area contributed by atoms with Crippen molar-refractivity contribution in [2.45, 2.75) is 19.8 Å². The minimum Gasteiger partial charge on any atom is -0.480 e. The molecular formula is C12H11BrO3. The smallest absolute Gasteiger partial charge is 0.317 e. The average molecular weight is 283 g/mol. The maximum atomic E-state index is 12.1. The molecule has 2 rings (SSSR count). The Labute approximate surface area is 102 Å². The predicted octanol–water partition coefficient (Wildman–Crippen LogP) is 2.81. The van der Waals surface area contributed by atoms with E-state index in [1.54, 1.807) is 6.07 Å². The van der Waals surface area contributed by atoms with Gasteiger partial charge in [-0.2, -0.15) is 0 Å². The monoisotopic (exact) mass is 282 g/mol. The van der Waals surface area contributed by atoms with Crippen LogP contribution in [-0.4, -0.2) is 16.9 Å². The molecule has 0 atom stereocenters. The summed E-state index contributed by atoms with van der Waals surface area (Å²) in [6.07, 6.45) is 0.903. The van der Waals surface area contributed by atoms with Gasteiger partial charge in [0.2, 0.25) is 0 Å². The molecule has 1 fully saturated rings. The lowest BCUT2D eigenvalue weighted by atomic mass is 9.92. The minimum absolute atomic E-state index is 0.265. The second kappa shape index (κ2) is 3.70. The number of Topliss-reactive ketones (excluding diaryl/α,β-unsaturated/α-hetero) is 1. The number of hydrogen-bond acceptors (Lipinski definition) is 2. The van der Waals surface area contributed by atoms with Gasteiger partial charge in [0.05, 0.1) is 0 Å². The van der Waals surface area contributed by atoms with Crippen LogP contribution >= 0.6 is 15.9 Å². The predicted molar refractivity (Wildman–Crippen MR) is 62.5 cm³/mol. The quantitative estimate of drug-likeness (QED) is 0.685. The molecular weight excluding hydrogens is 272 g/mol. The van der Waals surface area contributed by atoms with Crippen molar-refractivity contribution < 1.29 is 14.7 Å². The SMILES string of the molecule is Cc1ccc(Br)cc1C(=O)C1(C(=O)O)CC1. The number of carboxylic acids is 1. The van der Waals surface area contributed by atoms with E-state index in [-0.39, 0.29) is 5.78 Å². The summed E-state index contributed by atoms with van der Waals surface area (Å²) in [5.41, 5.74) is 0.181. The highest BCUT2D eigenvalue weighted by atomic mass is 79.9. The number of benzene rings is 1. The third-order valence-corrected chi connectivity index (χ3v) is 3.53. The van der Waals surface area contributed by atoms with Gasteiger partial charge in [0.25, 0.3) is 0 Å². The maximum Gasteiger partial charge on any atom is 0.317 e. The fourth-order valence-electron chi connectivity index (χ4n) is 1.76. The van der Waals surface area contributed by atoms with Gasteiger partial charge in [-0.1, -0.05) is 22.0 Å². The van der Waals surface area contributed by atoms with E-state index in [2.05, 4.69) is 15.9 Å². The lowest BCUT2D eigenvalue weighted by Crippen LogP contribution is -2.26. The van der Waals surface area contributed by atoms with Crippen molar-refractivity contribution in [3.05, 3.63) is 33.8 Å². The summed E-state index contributed by atoms with van der Waals surface area (Å²) in [6, 6.07) is 5.35. The molecule has 16 heavy (non-hydrogen) atoms. The summed E-state index contributed by atoms with van der Waals surface area (Å²) in [7, 11) is 0. The Balaban J connectivity index is 2.42. The lowest BCUT2D eigenvalue weighted by molar-refractivity contribution is -0.141. The molecule has 1 aromatic carbocycles. The Morgan fingerprint density at radius 3 is 2.50 bits per heavy atom. The maximum absolute atomic E-state index is 12.1. The highest BCUT2D eigenvalue weighted by Gasteiger charge is 2.57. The highest BCUT2D eigenvalue weighted by molar-refractivity contribution is 9.10. The van der Waals surface area contributed by atoms with Crippen molar-refractivity contribution >= 4 is 27.7 Å². The third-order valence-electron chi connectivity index (χ3n) is 3.04. The number of carbonyl (C=O) groups is 2. The number of carboxylic acid groups (broad SMARTS) is 1. The first-order valence-corrected chi connectivity index (χ1v) is 5.81. The van der Waals surface area contributed by atoms with Gasteiger partial charge >= 0.3 is 5.97 Å². The van der Waals surface area contributed by atoms with E-state index in [0.717, 1.165) is 10.0 Å². The zero-order valence-electron chi connectivity index (χ0n) is 8.79. The Bertz CT molecular complexity index is 475. The van der Waals surface area contributed by atoms with Crippen LogP contribution in [0.2, 0.25) is 0 Å². The molecule has 0 aromatic heterocycles. The summed E-state index contributed by atoms with van der Waals surface area (Å²) in [5.74, 6) is -1.27. The van der Waals surface area contributed by atoms with E-state index in [9.17, 15) is 9.59 Å². The molecule has 0 radical (unpaired) electrons. The average Bonchev–Trinajstić information content (AvgIpc) is 3.01. The van der Waals surface area contributed by atoms with Crippen molar-refractivity contribution in [2.75, 3.05) is 0 Å². The number of halogens is 1. The molecule has 1 N–H and O–H groups in total. The molecule has 84 valence electrons. The molecule has 0 aliphatic heterocycles. The third kappa shape index (κ3) is 1.67. The molecule has 1 saturated carbocycles. The largest absolute Gasteiger partial charge is 0.480 e. The van der Waals surface area contributed by atoms with E-state index < -0.39 is 11.4 Å². The van der Waals surface area contributed by atoms with Crippen LogP contribution in [0.1, 0.15) is 28.8 Å². The zero-order valence-corrected chi connectivity index (χ0v) is 10.4. The summed E-state index contributed by atoms with van der Waals surface area (Å²) in [6.45, 7) is 1.82. The van der Waals surface area contributed by atoms with Crippen molar-refractivity contribution in [3.63, 3.8) is 0 Å². The van der Waals surface area contributed by atoms with Crippen LogP contribution in [0.5, 0.6) is 0 Å². The zero-order chi connectivity index (χ0) is 11.9. The Hall–Kier alpha value is -1.16. The van der Waals surface area contributed by atoms with Crippen LogP contribution in [0.15, 0.2) is 22.7 Å². The van der Waals surface area contributed by atoms with Gasteiger partial charge < -0.3 is 5.11 Å². The number of aliphatic carboxylic acids is 1. The summed E-state index contributed by atoms with van der Waals surface area (Å²) in [5, 5.41) is 9.06. The van der Waals surface area contributed by atoms with Gasteiger partial charge in [0, 0.05) is 10.0 Å². The molecule has 0 heterocycles. The van der Waals surface area contributed by atoms with Crippen LogP contribution < -0.4 is 0 Å². The van der Waals surface area contributed by atoms with Crippen LogP contribution in [0.3, 0.4) is 0 Å². The van der Waals surface area contributed by atoms with Crippen molar-refractivity contribution in [1.82, 2.24) is 0 Å². The highest BCUT2D eigenvalue weighted by Crippen LogP contribution is 2.48. The summed E-state index contributed by atoms with van der Waals surface area (Å²) >= 11 is 3.29. The number of hydrogen-bond donors (Lipinski definition) is 1. The number of carbonyl (C=O) groups excluding carboxylic acids is 1. The van der Waals surface area contributed by atoms with Crippen molar-refractivity contribution in [2.24, 2.45) is 5.41 Å². The lowest BCUT2D eigenvalue weighted by Gasteiger charge is -2.11. The Kier molecular flexibility index (Phi) is 2.62. The van der Waals surface area contributed by atoms with Crippen LogP contribution in [-0.2, 0) is 4.79 Å². The molecule has 0 saturated heterocycles. The van der Waals surface area contributed by atoms with E-state index in [1.165, 1.54) is 0 Å². The molecule has 1 aliphatic carbocycles. The van der Waals surface area contributed by atoms with E-state index >= 15 is 0 Å². The van der Waals surface area contributed by atoms with E-state index in [4.69, 9.17) is 5.11 Å². The fraction of sp³-hybridized carbons (Fsp3) is 0.333. The van der Waals surface area contributed by atoms with Crippen molar-refractivity contribution in [1.29, 1.82) is 0 Å². The standard InChI is InChI=1S/C12H11BrO3/c1-7-2-3-8(13)6-9(7)10(14)12(4-5-12)11(15)16/h2-3,6H,4-5H2,1H3,(H,15,16). The topological polar surface area (TPSA) is 54.4 Å². The van der Waals surface area contributed by atoms with Gasteiger partial charge in [-0.05, 0) is 37.5 Å². The first kappa shape index (κ1) is 11.3. The number of aryl methyl sites for hydroxylation is 1. The van der Waals surface area contributed by atoms with Crippen LogP contribution in [0, 0.1) is 12.3 Å². The summed E-state index contributed by atoms with van der Waals surface area (Å²) < 4.78 is 0.794. The number of rotatable bonds is 3. The summed E-state index contributed by atoms with van der Waals surface area (Å²) in [4.78, 5) is 23.2. The van der Waals surface area contributed by atoms with Gasteiger partial charge in [0.1, 0.15) is 5.41 Å². The number of ketones is 1. The Morgan fingerprint density at radius 2 is 2.00 bits per heavy atom. The van der Waals surface area contributed by atoms with Gasteiger partial charge in [0.15, 0.2) is 5.78 Å². The van der Waals surface area contributed by atoms with Crippen LogP contribution in [0.4, 0.5) is 0 Å². The van der Waals surface area contributed by atoms with Crippen LogP contribution in [0.25, 0.3) is 0 Å².